The normalized spacial score (nSPS) is 16.8. The second kappa shape index (κ2) is 7.92. The van der Waals surface area contributed by atoms with Gasteiger partial charge >= 0.3 is 0 Å². The van der Waals surface area contributed by atoms with Crippen LogP contribution >= 0.6 is 11.3 Å². The third-order valence-electron chi connectivity index (χ3n) is 5.74. The van der Waals surface area contributed by atoms with Crippen molar-refractivity contribution >= 4 is 17.2 Å². The molecule has 4 N–H and O–H groups in total. The average Bonchev–Trinajstić information content (AvgIpc) is 3.13. The fourth-order valence-electron chi connectivity index (χ4n) is 4.49. The molecule has 5 nitrogen and oxygen atoms in total. The molecular weight excluding hydrogens is 344 g/mol. The molecule has 1 aliphatic carbocycles. The maximum atomic E-state index is 12.2. The van der Waals surface area contributed by atoms with Crippen molar-refractivity contribution in [3.8, 4) is 11.3 Å². The van der Waals surface area contributed by atoms with E-state index in [2.05, 4.69) is 18.9 Å². The van der Waals surface area contributed by atoms with Crippen molar-refractivity contribution in [2.75, 3.05) is 6.54 Å². The van der Waals surface area contributed by atoms with Crippen molar-refractivity contribution < 1.29 is 4.79 Å². The molecule has 0 unspecified atom stereocenters. The number of carbonyl (C=O) groups is 1. The Labute approximate surface area is 159 Å². The third kappa shape index (κ3) is 3.58. The number of carbonyl (C=O) groups excluding carboxylic acids is 1. The molecule has 6 heteroatoms. The van der Waals surface area contributed by atoms with Gasteiger partial charge in [-0.15, -0.1) is 11.3 Å². The minimum atomic E-state index is -0.346. The Morgan fingerprint density at radius 1 is 1.35 bits per heavy atom. The lowest BCUT2D eigenvalue weighted by Gasteiger charge is -2.27. The topological polar surface area (TPSA) is 86.9 Å². The highest BCUT2D eigenvalue weighted by molar-refractivity contribution is 7.14. The first-order valence-corrected chi connectivity index (χ1v) is 10.4. The van der Waals surface area contributed by atoms with Gasteiger partial charge in [-0.25, -0.2) is 0 Å². The molecule has 2 heterocycles. The standard InChI is InChI=1S/C20H30N4OS/c1-12-11-23-24(3)18(12)16-13(2)26-19(20(22)25)17(16)15(10-21)9-14-7-5-4-6-8-14/h11,14-15H,4-10,21H2,1-3H3,(H2,22,25)/t15-/m1/s1. The molecular formula is C20H30N4OS. The second-order valence-corrected chi connectivity index (χ2v) is 8.84. The Morgan fingerprint density at radius 3 is 2.58 bits per heavy atom. The highest BCUT2D eigenvalue weighted by Crippen LogP contribution is 2.44. The fraction of sp³-hybridized carbons (Fsp3) is 0.600. The van der Waals surface area contributed by atoms with E-state index in [9.17, 15) is 4.79 Å². The highest BCUT2D eigenvalue weighted by Gasteiger charge is 2.30. The minimum Gasteiger partial charge on any atom is -0.365 e. The van der Waals surface area contributed by atoms with E-state index < -0.39 is 0 Å². The second-order valence-electron chi connectivity index (χ2n) is 7.61. The molecule has 1 fully saturated rings. The summed E-state index contributed by atoms with van der Waals surface area (Å²) in [6.07, 6.45) is 9.40. The Bertz CT molecular complexity index is 767. The molecule has 1 saturated carbocycles. The third-order valence-corrected chi connectivity index (χ3v) is 6.87. The van der Waals surface area contributed by atoms with E-state index in [-0.39, 0.29) is 11.8 Å². The molecule has 142 valence electrons. The monoisotopic (exact) mass is 374 g/mol. The molecule has 1 aliphatic rings. The Kier molecular flexibility index (Phi) is 5.82. The van der Waals surface area contributed by atoms with E-state index in [1.54, 1.807) is 0 Å². The van der Waals surface area contributed by atoms with Crippen LogP contribution in [-0.2, 0) is 7.05 Å². The molecule has 1 amide bonds. The van der Waals surface area contributed by atoms with E-state index in [0.29, 0.717) is 17.3 Å². The molecule has 3 rings (SSSR count). The lowest BCUT2D eigenvalue weighted by atomic mass is 9.79. The van der Waals surface area contributed by atoms with Gasteiger partial charge in [0.05, 0.1) is 16.8 Å². The van der Waals surface area contributed by atoms with Crippen molar-refractivity contribution in [3.63, 3.8) is 0 Å². The first-order chi connectivity index (χ1) is 12.4. The van der Waals surface area contributed by atoms with Crippen molar-refractivity contribution in [2.24, 2.45) is 24.4 Å². The van der Waals surface area contributed by atoms with Crippen LogP contribution in [0.15, 0.2) is 6.20 Å². The predicted molar refractivity (Wildman–Crippen MR) is 108 cm³/mol. The van der Waals surface area contributed by atoms with Gasteiger partial charge in [0.15, 0.2) is 0 Å². The van der Waals surface area contributed by atoms with Gasteiger partial charge in [-0.05, 0) is 49.8 Å². The number of hydrogen-bond donors (Lipinski definition) is 2. The molecule has 0 radical (unpaired) electrons. The van der Waals surface area contributed by atoms with E-state index in [1.807, 2.05) is 17.9 Å². The molecule has 0 spiro atoms. The fourth-order valence-corrected chi connectivity index (χ4v) is 5.59. The maximum absolute atomic E-state index is 12.2. The molecule has 0 aliphatic heterocycles. The molecule has 2 aromatic rings. The van der Waals surface area contributed by atoms with Gasteiger partial charge in [0.25, 0.3) is 5.91 Å². The Balaban J connectivity index is 2.09. The molecule has 26 heavy (non-hydrogen) atoms. The van der Waals surface area contributed by atoms with Crippen LogP contribution in [0.3, 0.4) is 0 Å². The van der Waals surface area contributed by atoms with Crippen LogP contribution < -0.4 is 11.5 Å². The number of amides is 1. The van der Waals surface area contributed by atoms with Gasteiger partial charge < -0.3 is 11.5 Å². The summed E-state index contributed by atoms with van der Waals surface area (Å²) >= 11 is 1.50. The van der Waals surface area contributed by atoms with Gasteiger partial charge in [-0.1, -0.05) is 32.1 Å². The van der Waals surface area contributed by atoms with Crippen molar-refractivity contribution in [3.05, 3.63) is 27.1 Å². The number of nitrogens with zero attached hydrogens (tertiary/aromatic N) is 2. The summed E-state index contributed by atoms with van der Waals surface area (Å²) in [6, 6.07) is 0. The van der Waals surface area contributed by atoms with E-state index in [1.165, 1.54) is 43.4 Å². The highest BCUT2D eigenvalue weighted by atomic mass is 32.1. The first kappa shape index (κ1) is 19.1. The zero-order chi connectivity index (χ0) is 18.8. The zero-order valence-corrected chi connectivity index (χ0v) is 16.9. The maximum Gasteiger partial charge on any atom is 0.259 e. The number of nitrogens with two attached hydrogens (primary N) is 2. The van der Waals surface area contributed by atoms with Crippen LogP contribution in [0.2, 0.25) is 0 Å². The smallest absolute Gasteiger partial charge is 0.259 e. The lowest BCUT2D eigenvalue weighted by molar-refractivity contribution is 0.100. The largest absolute Gasteiger partial charge is 0.365 e. The molecule has 1 atom stereocenters. The predicted octanol–water partition coefficient (Wildman–Crippen LogP) is 3.88. The van der Waals surface area contributed by atoms with E-state index in [4.69, 9.17) is 11.5 Å². The van der Waals surface area contributed by atoms with Gasteiger partial charge in [0, 0.05) is 17.5 Å². The Morgan fingerprint density at radius 2 is 2.04 bits per heavy atom. The summed E-state index contributed by atoms with van der Waals surface area (Å²) in [5.41, 5.74) is 16.3. The summed E-state index contributed by atoms with van der Waals surface area (Å²) in [6.45, 7) is 4.67. The van der Waals surface area contributed by atoms with Gasteiger partial charge in [-0.3, -0.25) is 9.48 Å². The van der Waals surface area contributed by atoms with Crippen LogP contribution in [0, 0.1) is 19.8 Å². The van der Waals surface area contributed by atoms with Crippen molar-refractivity contribution in [1.82, 2.24) is 9.78 Å². The summed E-state index contributed by atoms with van der Waals surface area (Å²) < 4.78 is 1.90. The van der Waals surface area contributed by atoms with E-state index in [0.717, 1.165) is 33.7 Å². The number of aryl methyl sites for hydroxylation is 3. The SMILES string of the molecule is Cc1cnn(C)c1-c1c(C)sc(C(N)=O)c1[C@@H](CN)CC1CCCCC1. The number of thiophene rings is 1. The van der Waals surface area contributed by atoms with Crippen LogP contribution in [0.25, 0.3) is 11.3 Å². The Hall–Kier alpha value is -1.66. The van der Waals surface area contributed by atoms with Crippen molar-refractivity contribution in [1.29, 1.82) is 0 Å². The van der Waals surface area contributed by atoms with Crippen LogP contribution in [-0.4, -0.2) is 22.2 Å². The zero-order valence-electron chi connectivity index (χ0n) is 16.0. The summed E-state index contributed by atoms with van der Waals surface area (Å²) in [7, 11) is 1.95. The van der Waals surface area contributed by atoms with Gasteiger partial charge in [-0.2, -0.15) is 5.10 Å². The van der Waals surface area contributed by atoms with Crippen LogP contribution in [0.5, 0.6) is 0 Å². The summed E-state index contributed by atoms with van der Waals surface area (Å²) in [5.74, 6) is 0.509. The number of aromatic nitrogens is 2. The lowest BCUT2D eigenvalue weighted by Crippen LogP contribution is -2.22. The van der Waals surface area contributed by atoms with Crippen LogP contribution in [0.1, 0.15) is 70.1 Å². The van der Waals surface area contributed by atoms with Crippen LogP contribution in [0.4, 0.5) is 0 Å². The van der Waals surface area contributed by atoms with E-state index >= 15 is 0 Å². The molecule has 0 bridgehead atoms. The minimum absolute atomic E-state index is 0.162. The number of primary amides is 1. The first-order valence-electron chi connectivity index (χ1n) is 9.56. The number of rotatable bonds is 6. The quantitative estimate of drug-likeness (QED) is 0.804. The van der Waals surface area contributed by atoms with Gasteiger partial charge in [0.1, 0.15) is 0 Å². The molecule has 0 aromatic carbocycles. The summed E-state index contributed by atoms with van der Waals surface area (Å²) in [4.78, 5) is 14.0. The molecule has 2 aromatic heterocycles. The average molecular weight is 375 g/mol. The molecule has 0 saturated heterocycles. The van der Waals surface area contributed by atoms with Crippen molar-refractivity contribution in [2.45, 2.75) is 58.3 Å². The summed E-state index contributed by atoms with van der Waals surface area (Å²) in [5, 5.41) is 4.40. The van der Waals surface area contributed by atoms with Gasteiger partial charge in [0.2, 0.25) is 0 Å². The number of hydrogen-bond acceptors (Lipinski definition) is 4.